The Morgan fingerprint density at radius 3 is 2.30 bits per heavy atom. The highest BCUT2D eigenvalue weighted by atomic mass is 79.9. The van der Waals surface area contributed by atoms with Crippen LogP contribution in [0.2, 0.25) is 0 Å². The van der Waals surface area contributed by atoms with Crippen LogP contribution in [0.15, 0.2) is 24.3 Å². The first-order chi connectivity index (χ1) is 9.69. The van der Waals surface area contributed by atoms with E-state index in [2.05, 4.69) is 15.9 Å². The maximum atomic E-state index is 12.1. The second-order valence-corrected chi connectivity index (χ2v) is 6.26. The van der Waals surface area contributed by atoms with E-state index in [4.69, 9.17) is 4.74 Å². The second-order valence-electron chi connectivity index (χ2n) is 5.47. The summed E-state index contributed by atoms with van der Waals surface area (Å²) in [7, 11) is 0. The highest BCUT2D eigenvalue weighted by molar-refractivity contribution is 9.09. The Morgan fingerprint density at radius 2 is 1.75 bits per heavy atom. The standard InChI is InChI=1S/C16H21BrF2O/c17-10-9-12-1-3-13(4-2-12)14-5-7-15(8-6-14)20-11-16(18)19/h5-8,12-13,16H,1-4,9-11H2/t12-,13-. The molecular formula is C16H21BrF2O. The van der Waals surface area contributed by atoms with Crippen molar-refractivity contribution in [3.8, 4) is 5.75 Å². The summed E-state index contributed by atoms with van der Waals surface area (Å²) >= 11 is 3.51. The zero-order chi connectivity index (χ0) is 14.4. The van der Waals surface area contributed by atoms with E-state index in [1.54, 1.807) is 0 Å². The van der Waals surface area contributed by atoms with Crippen LogP contribution in [0, 0.1) is 5.92 Å². The van der Waals surface area contributed by atoms with Gasteiger partial charge >= 0.3 is 0 Å². The number of benzene rings is 1. The average Bonchev–Trinajstić information content (AvgIpc) is 2.47. The van der Waals surface area contributed by atoms with Gasteiger partial charge in [-0.2, -0.15) is 0 Å². The van der Waals surface area contributed by atoms with E-state index in [-0.39, 0.29) is 0 Å². The minimum absolute atomic E-state index is 0.530. The Kier molecular flexibility index (Phi) is 6.27. The molecule has 20 heavy (non-hydrogen) atoms. The van der Waals surface area contributed by atoms with E-state index in [1.807, 2.05) is 24.3 Å². The Bertz CT molecular complexity index is 386. The second kappa shape index (κ2) is 7.96. The van der Waals surface area contributed by atoms with Crippen LogP contribution >= 0.6 is 15.9 Å². The van der Waals surface area contributed by atoms with Crippen LogP contribution in [-0.2, 0) is 0 Å². The van der Waals surface area contributed by atoms with Gasteiger partial charge in [-0.1, -0.05) is 28.1 Å². The normalized spacial score (nSPS) is 23.0. The van der Waals surface area contributed by atoms with Crippen LogP contribution < -0.4 is 4.74 Å². The van der Waals surface area contributed by atoms with Crippen LogP contribution in [0.25, 0.3) is 0 Å². The van der Waals surface area contributed by atoms with Crippen LogP contribution in [0.4, 0.5) is 8.78 Å². The molecule has 1 aliphatic carbocycles. The first kappa shape index (κ1) is 15.7. The van der Waals surface area contributed by atoms with Crippen molar-refractivity contribution in [3.63, 3.8) is 0 Å². The van der Waals surface area contributed by atoms with E-state index in [0.29, 0.717) is 11.7 Å². The van der Waals surface area contributed by atoms with E-state index in [1.165, 1.54) is 37.7 Å². The summed E-state index contributed by atoms with van der Waals surface area (Å²) in [5.41, 5.74) is 1.31. The summed E-state index contributed by atoms with van der Waals surface area (Å²) in [6, 6.07) is 7.66. The molecule has 0 spiro atoms. The van der Waals surface area contributed by atoms with Crippen LogP contribution in [0.1, 0.15) is 43.6 Å². The molecule has 1 aliphatic rings. The zero-order valence-electron chi connectivity index (χ0n) is 11.5. The van der Waals surface area contributed by atoms with Gasteiger partial charge in [0.2, 0.25) is 0 Å². The van der Waals surface area contributed by atoms with Crippen molar-refractivity contribution in [3.05, 3.63) is 29.8 Å². The number of rotatable bonds is 6. The molecule has 1 saturated carbocycles. The molecule has 112 valence electrons. The van der Waals surface area contributed by atoms with Gasteiger partial charge in [-0.05, 0) is 61.6 Å². The van der Waals surface area contributed by atoms with Gasteiger partial charge in [-0.15, -0.1) is 0 Å². The molecule has 1 nitrogen and oxygen atoms in total. The number of alkyl halides is 3. The van der Waals surface area contributed by atoms with E-state index >= 15 is 0 Å². The van der Waals surface area contributed by atoms with Crippen LogP contribution in [0.3, 0.4) is 0 Å². The van der Waals surface area contributed by atoms with Crippen molar-refractivity contribution in [2.24, 2.45) is 5.92 Å². The summed E-state index contributed by atoms with van der Waals surface area (Å²) in [6.45, 7) is -0.531. The number of hydrogen-bond donors (Lipinski definition) is 0. The molecule has 0 atom stereocenters. The summed E-state index contributed by atoms with van der Waals surface area (Å²) < 4.78 is 29.1. The van der Waals surface area contributed by atoms with Gasteiger partial charge in [-0.3, -0.25) is 0 Å². The topological polar surface area (TPSA) is 9.23 Å². The summed E-state index contributed by atoms with van der Waals surface area (Å²) in [6.07, 6.45) is 3.90. The predicted molar refractivity (Wildman–Crippen MR) is 81.1 cm³/mol. The third-order valence-electron chi connectivity index (χ3n) is 4.09. The highest BCUT2D eigenvalue weighted by Crippen LogP contribution is 2.37. The molecule has 0 aliphatic heterocycles. The van der Waals surface area contributed by atoms with Gasteiger partial charge in [-0.25, -0.2) is 8.78 Å². The molecule has 0 unspecified atom stereocenters. The Morgan fingerprint density at radius 1 is 1.10 bits per heavy atom. The van der Waals surface area contributed by atoms with Crippen LogP contribution in [-0.4, -0.2) is 18.4 Å². The summed E-state index contributed by atoms with van der Waals surface area (Å²) in [5, 5.41) is 1.10. The van der Waals surface area contributed by atoms with Crippen molar-refractivity contribution in [2.45, 2.75) is 44.4 Å². The third-order valence-corrected chi connectivity index (χ3v) is 4.55. The maximum Gasteiger partial charge on any atom is 0.272 e. The predicted octanol–water partition coefficient (Wildman–Crippen LogP) is 5.39. The van der Waals surface area contributed by atoms with Crippen molar-refractivity contribution in [1.82, 2.24) is 0 Å². The third kappa shape index (κ3) is 4.72. The molecule has 0 aromatic heterocycles. The molecular weight excluding hydrogens is 326 g/mol. The smallest absolute Gasteiger partial charge is 0.272 e. The number of hydrogen-bond acceptors (Lipinski definition) is 1. The molecule has 0 bridgehead atoms. The Hall–Kier alpha value is -0.640. The molecule has 2 rings (SSSR count). The fraction of sp³-hybridized carbons (Fsp3) is 0.625. The van der Waals surface area contributed by atoms with E-state index in [9.17, 15) is 8.78 Å². The van der Waals surface area contributed by atoms with Gasteiger partial charge in [0.05, 0.1) is 0 Å². The summed E-state index contributed by atoms with van der Waals surface area (Å²) in [4.78, 5) is 0. The number of ether oxygens (including phenoxy) is 1. The lowest BCUT2D eigenvalue weighted by Gasteiger charge is -2.28. The van der Waals surface area contributed by atoms with E-state index in [0.717, 1.165) is 11.2 Å². The molecule has 0 N–H and O–H groups in total. The zero-order valence-corrected chi connectivity index (χ0v) is 13.1. The Balaban J connectivity index is 1.84. The highest BCUT2D eigenvalue weighted by Gasteiger charge is 2.21. The van der Waals surface area contributed by atoms with Gasteiger partial charge in [0.1, 0.15) is 12.4 Å². The van der Waals surface area contributed by atoms with Gasteiger partial charge in [0.25, 0.3) is 6.43 Å². The van der Waals surface area contributed by atoms with Crippen molar-refractivity contribution >= 4 is 15.9 Å². The quantitative estimate of drug-likeness (QED) is 0.627. The molecule has 0 radical (unpaired) electrons. The average molecular weight is 347 g/mol. The number of halogens is 3. The monoisotopic (exact) mass is 346 g/mol. The van der Waals surface area contributed by atoms with E-state index < -0.39 is 13.0 Å². The van der Waals surface area contributed by atoms with Gasteiger partial charge < -0.3 is 4.74 Å². The minimum atomic E-state index is -2.42. The Labute approximate surface area is 127 Å². The fourth-order valence-corrected chi connectivity index (χ4v) is 3.58. The first-order valence-corrected chi connectivity index (χ1v) is 8.38. The lowest BCUT2D eigenvalue weighted by atomic mass is 9.78. The molecule has 4 heteroatoms. The van der Waals surface area contributed by atoms with Crippen molar-refractivity contribution in [2.75, 3.05) is 11.9 Å². The lowest BCUT2D eigenvalue weighted by molar-refractivity contribution is 0.0819. The maximum absolute atomic E-state index is 12.1. The molecule has 1 aromatic rings. The SMILES string of the molecule is FC(F)COc1ccc([C@H]2CC[C@H](CCBr)CC2)cc1. The lowest BCUT2D eigenvalue weighted by Crippen LogP contribution is -2.13. The molecule has 1 aromatic carbocycles. The summed E-state index contributed by atoms with van der Waals surface area (Å²) in [5.74, 6) is 2.01. The molecule has 0 heterocycles. The van der Waals surface area contributed by atoms with Crippen LogP contribution in [0.5, 0.6) is 5.75 Å². The van der Waals surface area contributed by atoms with Crippen molar-refractivity contribution in [1.29, 1.82) is 0 Å². The van der Waals surface area contributed by atoms with Gasteiger partial charge in [0, 0.05) is 5.33 Å². The molecule has 0 saturated heterocycles. The first-order valence-electron chi connectivity index (χ1n) is 7.26. The fourth-order valence-electron chi connectivity index (χ4n) is 2.93. The molecule has 0 amide bonds. The van der Waals surface area contributed by atoms with Gasteiger partial charge in [0.15, 0.2) is 0 Å². The minimum Gasteiger partial charge on any atom is -0.488 e. The van der Waals surface area contributed by atoms with Crippen molar-refractivity contribution < 1.29 is 13.5 Å². The molecule has 1 fully saturated rings. The largest absolute Gasteiger partial charge is 0.488 e.